The number of hydrogen-bond donors (Lipinski definition) is 2. The molecule has 4 bridgehead atoms. The molecule has 210 valence electrons. The van der Waals surface area contributed by atoms with Gasteiger partial charge in [-0.15, -0.1) is 0 Å². The maximum Gasteiger partial charge on any atom is 0.305 e. The Hall–Kier alpha value is -3.79. The second-order valence-electron chi connectivity index (χ2n) is 9.79. The molecule has 0 unspecified atom stereocenters. The Morgan fingerprint density at radius 2 is 1.85 bits per heavy atom. The zero-order valence-electron chi connectivity index (χ0n) is 22.6. The minimum absolute atomic E-state index is 0.0399. The average Bonchev–Trinajstić information content (AvgIpc) is 2.95. The van der Waals surface area contributed by atoms with E-state index in [1.165, 1.54) is 7.11 Å². The Balaban J connectivity index is 1.50. The quantitative estimate of drug-likeness (QED) is 0.556. The summed E-state index contributed by atoms with van der Waals surface area (Å²) in [7, 11) is 2.93. The average molecular weight is 540 g/mol. The van der Waals surface area contributed by atoms with Gasteiger partial charge in [0, 0.05) is 32.5 Å². The molecule has 0 saturated carbocycles. The standard InChI is InChI=1S/C29H37N3O7/c1-36-26-16-20-7-11-25(26)38-19-28(34)31-23-18-32(14-3-4-29(35)37-2)15-13-24(23)39-22-9-5-21(6-10-22)17-30-27(33)12-8-20/h5-7,9-11,16,23-24H,3-4,8,12-15,17-19H2,1-2H3,(H,30,33)(H,31,34)/t23-,24-/m1/s1. The Morgan fingerprint density at radius 1 is 1.05 bits per heavy atom. The van der Waals surface area contributed by atoms with Gasteiger partial charge in [0.15, 0.2) is 18.1 Å². The largest absolute Gasteiger partial charge is 0.493 e. The Morgan fingerprint density at radius 3 is 2.62 bits per heavy atom. The second kappa shape index (κ2) is 13.8. The number of amides is 2. The molecule has 0 aliphatic carbocycles. The third-order valence-electron chi connectivity index (χ3n) is 6.99. The highest BCUT2D eigenvalue weighted by molar-refractivity contribution is 5.78. The summed E-state index contributed by atoms with van der Waals surface area (Å²) in [5, 5.41) is 6.06. The summed E-state index contributed by atoms with van der Waals surface area (Å²) in [6.45, 7) is 2.33. The number of hydrogen-bond acceptors (Lipinski definition) is 8. The van der Waals surface area contributed by atoms with E-state index in [2.05, 4.69) is 15.5 Å². The van der Waals surface area contributed by atoms with Crippen molar-refractivity contribution < 1.29 is 33.3 Å². The van der Waals surface area contributed by atoms with Crippen LogP contribution in [0.2, 0.25) is 0 Å². The molecule has 1 saturated heterocycles. The normalized spacial score (nSPS) is 20.6. The molecule has 5 aliphatic heterocycles. The van der Waals surface area contributed by atoms with Crippen molar-refractivity contribution in [3.63, 3.8) is 0 Å². The van der Waals surface area contributed by atoms with Crippen molar-refractivity contribution in [1.29, 1.82) is 0 Å². The lowest BCUT2D eigenvalue weighted by Crippen LogP contribution is -2.57. The minimum Gasteiger partial charge on any atom is -0.493 e. The maximum absolute atomic E-state index is 13.0. The molecular formula is C29H37N3O7. The number of carbonyl (C=O) groups excluding carboxylic acids is 3. The van der Waals surface area contributed by atoms with Crippen LogP contribution in [0.15, 0.2) is 42.5 Å². The van der Waals surface area contributed by atoms with Gasteiger partial charge in [-0.1, -0.05) is 18.2 Å². The predicted octanol–water partition coefficient (Wildman–Crippen LogP) is 2.23. The highest BCUT2D eigenvalue weighted by Crippen LogP contribution is 2.29. The first-order valence-corrected chi connectivity index (χ1v) is 13.3. The monoisotopic (exact) mass is 539 g/mol. The van der Waals surface area contributed by atoms with Crippen molar-refractivity contribution in [2.45, 2.75) is 50.8 Å². The molecule has 5 aliphatic rings. The molecule has 39 heavy (non-hydrogen) atoms. The lowest BCUT2D eigenvalue weighted by Gasteiger charge is -2.38. The number of benzene rings is 2. The second-order valence-corrected chi connectivity index (χ2v) is 9.79. The van der Waals surface area contributed by atoms with E-state index in [1.807, 2.05) is 36.4 Å². The van der Waals surface area contributed by atoms with Gasteiger partial charge in [0.1, 0.15) is 11.9 Å². The van der Waals surface area contributed by atoms with E-state index in [9.17, 15) is 14.4 Å². The molecule has 1 fully saturated rings. The molecule has 5 heterocycles. The predicted molar refractivity (Wildman–Crippen MR) is 144 cm³/mol. The molecule has 2 aromatic carbocycles. The third kappa shape index (κ3) is 8.35. The summed E-state index contributed by atoms with van der Waals surface area (Å²) in [4.78, 5) is 39.1. The van der Waals surface area contributed by atoms with Gasteiger partial charge in [0.2, 0.25) is 5.91 Å². The number of rotatable bonds is 5. The van der Waals surface area contributed by atoms with Crippen LogP contribution in [0, 0.1) is 0 Å². The van der Waals surface area contributed by atoms with E-state index in [1.54, 1.807) is 13.2 Å². The molecule has 0 radical (unpaired) electrons. The first kappa shape index (κ1) is 28.2. The fourth-order valence-corrected chi connectivity index (χ4v) is 4.82. The molecule has 2 aromatic rings. The van der Waals surface area contributed by atoms with Crippen molar-refractivity contribution in [2.75, 3.05) is 40.5 Å². The van der Waals surface area contributed by atoms with Crippen LogP contribution >= 0.6 is 0 Å². The van der Waals surface area contributed by atoms with Crippen LogP contribution in [0.4, 0.5) is 0 Å². The summed E-state index contributed by atoms with van der Waals surface area (Å²) >= 11 is 0. The van der Waals surface area contributed by atoms with Gasteiger partial charge in [0.25, 0.3) is 5.91 Å². The van der Waals surface area contributed by atoms with Gasteiger partial charge in [-0.25, -0.2) is 0 Å². The van der Waals surface area contributed by atoms with Crippen LogP contribution in [0.5, 0.6) is 17.2 Å². The van der Waals surface area contributed by atoms with Crippen LogP contribution in [-0.4, -0.2) is 75.3 Å². The fourth-order valence-electron chi connectivity index (χ4n) is 4.82. The Kier molecular flexibility index (Phi) is 10.0. The first-order chi connectivity index (χ1) is 18.9. The maximum atomic E-state index is 13.0. The van der Waals surface area contributed by atoms with Crippen LogP contribution < -0.4 is 24.8 Å². The van der Waals surface area contributed by atoms with E-state index < -0.39 is 0 Å². The Labute approximate surface area is 228 Å². The van der Waals surface area contributed by atoms with E-state index in [0.717, 1.165) is 17.7 Å². The molecule has 0 aromatic heterocycles. The van der Waals surface area contributed by atoms with E-state index in [4.69, 9.17) is 18.9 Å². The zero-order valence-corrected chi connectivity index (χ0v) is 22.6. The molecule has 2 N–H and O–H groups in total. The van der Waals surface area contributed by atoms with Crippen LogP contribution in [-0.2, 0) is 32.1 Å². The summed E-state index contributed by atoms with van der Waals surface area (Å²) in [6, 6.07) is 12.8. The van der Waals surface area contributed by atoms with Gasteiger partial charge in [0.05, 0.1) is 20.3 Å². The lowest BCUT2D eigenvalue weighted by molar-refractivity contribution is -0.140. The van der Waals surface area contributed by atoms with Gasteiger partial charge in [-0.3, -0.25) is 14.4 Å². The van der Waals surface area contributed by atoms with E-state index >= 15 is 0 Å². The number of carbonyl (C=O) groups is 3. The molecule has 10 heteroatoms. The molecule has 7 rings (SSSR count). The van der Waals surface area contributed by atoms with Crippen molar-refractivity contribution in [1.82, 2.24) is 15.5 Å². The van der Waals surface area contributed by atoms with E-state index in [0.29, 0.717) is 69.0 Å². The highest BCUT2D eigenvalue weighted by atomic mass is 16.5. The number of nitrogens with one attached hydrogen (secondary N) is 2. The van der Waals surface area contributed by atoms with Gasteiger partial charge < -0.3 is 34.5 Å². The van der Waals surface area contributed by atoms with Crippen molar-refractivity contribution in [3.8, 4) is 17.2 Å². The smallest absolute Gasteiger partial charge is 0.305 e. The summed E-state index contributed by atoms with van der Waals surface area (Å²) in [5.74, 6) is 1.12. The topological polar surface area (TPSA) is 115 Å². The summed E-state index contributed by atoms with van der Waals surface area (Å²) < 4.78 is 22.3. The van der Waals surface area contributed by atoms with Crippen LogP contribution in [0.1, 0.15) is 36.8 Å². The first-order valence-electron chi connectivity index (χ1n) is 13.3. The molecular weight excluding hydrogens is 502 g/mol. The van der Waals surface area contributed by atoms with Crippen molar-refractivity contribution >= 4 is 17.8 Å². The number of aryl methyl sites for hydroxylation is 1. The summed E-state index contributed by atoms with van der Waals surface area (Å²) in [6.07, 6.45) is 2.39. The van der Waals surface area contributed by atoms with Gasteiger partial charge in [-0.2, -0.15) is 0 Å². The molecule has 2 amide bonds. The van der Waals surface area contributed by atoms with Gasteiger partial charge in [-0.05, 0) is 61.2 Å². The van der Waals surface area contributed by atoms with Gasteiger partial charge >= 0.3 is 5.97 Å². The highest BCUT2D eigenvalue weighted by Gasteiger charge is 2.32. The third-order valence-corrected chi connectivity index (χ3v) is 6.99. The molecule has 0 spiro atoms. The number of likely N-dealkylation sites (tertiary alicyclic amines) is 1. The Bertz CT molecular complexity index is 1140. The van der Waals surface area contributed by atoms with E-state index in [-0.39, 0.29) is 36.5 Å². The van der Waals surface area contributed by atoms with Crippen LogP contribution in [0.25, 0.3) is 0 Å². The number of methoxy groups -OCH3 is 2. The van der Waals surface area contributed by atoms with Crippen molar-refractivity contribution in [2.24, 2.45) is 0 Å². The number of nitrogens with zero attached hydrogens (tertiary/aromatic N) is 1. The SMILES string of the molecule is COC(=O)CCCN1CC[C@H]2Oc3ccc(cc3)CNC(=O)CCc3ccc(c(OC)c3)OCC(=O)N[C@@H]2C1. The molecule has 2 atom stereocenters. The number of piperidine rings is 1. The zero-order chi connectivity index (χ0) is 27.6. The molecule has 10 nitrogen and oxygen atoms in total. The number of ether oxygens (including phenoxy) is 4. The lowest BCUT2D eigenvalue weighted by atomic mass is 10.0. The van der Waals surface area contributed by atoms with Crippen molar-refractivity contribution in [3.05, 3.63) is 53.6 Å². The fraction of sp³-hybridized carbons (Fsp3) is 0.483. The summed E-state index contributed by atoms with van der Waals surface area (Å²) in [5.41, 5.74) is 1.91. The van der Waals surface area contributed by atoms with Crippen LogP contribution in [0.3, 0.4) is 0 Å². The minimum atomic E-state index is -0.276. The number of esters is 1.